The van der Waals surface area contributed by atoms with Crippen LogP contribution in [0.4, 0.5) is 32.2 Å². The monoisotopic (exact) mass is 520 g/mol. The van der Waals surface area contributed by atoms with E-state index in [0.717, 1.165) is 4.68 Å². The van der Waals surface area contributed by atoms with Crippen LogP contribution >= 0.6 is 11.6 Å². The second-order valence-electron chi connectivity index (χ2n) is 7.90. The molecule has 0 saturated carbocycles. The smallest absolute Gasteiger partial charge is 0.418 e. The highest BCUT2D eigenvalue weighted by atomic mass is 35.5. The van der Waals surface area contributed by atoms with Crippen molar-refractivity contribution in [1.29, 1.82) is 5.26 Å². The van der Waals surface area contributed by atoms with E-state index in [0.29, 0.717) is 11.8 Å². The maximum Gasteiger partial charge on any atom is 0.418 e. The zero-order valence-corrected chi connectivity index (χ0v) is 18.6. The summed E-state index contributed by atoms with van der Waals surface area (Å²) in [5.41, 5.74) is -7.27. The van der Waals surface area contributed by atoms with Crippen LogP contribution in [-0.4, -0.2) is 38.9 Å². The molecular weight excluding hydrogens is 506 g/mol. The standard InChI is InChI=1S/C21H15ClF6N4O3/c1-8-3-11(9(2)35-8)16-14(6-29)31-32-17-12(4-10(5-13(17)22)20(23,24)25)19(15(34)7-33,21(26,27)28)30-18(16)32/h3-5,15,30,33-34H,7H2,1-2H3. The van der Waals surface area contributed by atoms with Crippen molar-refractivity contribution < 1.29 is 41.0 Å². The van der Waals surface area contributed by atoms with Gasteiger partial charge in [0.1, 0.15) is 29.5 Å². The van der Waals surface area contributed by atoms with Gasteiger partial charge in [-0.2, -0.15) is 36.7 Å². The highest BCUT2D eigenvalue weighted by Crippen LogP contribution is 2.54. The van der Waals surface area contributed by atoms with Gasteiger partial charge in [0.2, 0.25) is 0 Å². The lowest BCUT2D eigenvalue weighted by atomic mass is 9.80. The number of fused-ring (bicyclic) bond motifs is 3. The number of aryl methyl sites for hydroxylation is 2. The van der Waals surface area contributed by atoms with Crippen LogP contribution in [0.25, 0.3) is 16.8 Å². The fraction of sp³-hybridized carbons (Fsp3) is 0.333. The molecule has 1 aromatic carbocycles. The second-order valence-corrected chi connectivity index (χ2v) is 8.31. The Labute approximate surface area is 198 Å². The SMILES string of the molecule is Cc1cc(-c2c(C#N)nn3c2NC(C(O)CO)(C(F)(F)F)c2cc(C(F)(F)F)cc(Cl)c2-3)c(C)o1. The van der Waals surface area contributed by atoms with Crippen molar-refractivity contribution >= 4 is 17.4 Å². The van der Waals surface area contributed by atoms with E-state index in [4.69, 9.17) is 16.0 Å². The number of nitriles is 1. The molecule has 0 saturated heterocycles. The van der Waals surface area contributed by atoms with Crippen LogP contribution in [0.1, 0.15) is 28.3 Å². The van der Waals surface area contributed by atoms with Crippen molar-refractivity contribution in [2.24, 2.45) is 0 Å². The number of furan rings is 1. The highest BCUT2D eigenvalue weighted by Gasteiger charge is 2.64. The summed E-state index contributed by atoms with van der Waals surface area (Å²) in [4.78, 5) is 0. The third kappa shape index (κ3) is 3.55. The van der Waals surface area contributed by atoms with Crippen LogP contribution in [-0.2, 0) is 11.7 Å². The number of aliphatic hydroxyl groups is 2. The first-order valence-corrected chi connectivity index (χ1v) is 10.2. The molecule has 0 spiro atoms. The average Bonchev–Trinajstić information content (AvgIpc) is 3.28. The molecule has 35 heavy (non-hydrogen) atoms. The number of nitrogens with one attached hydrogen (secondary N) is 1. The Balaban J connectivity index is 2.20. The minimum absolute atomic E-state index is 0.151. The Morgan fingerprint density at radius 2 is 1.89 bits per heavy atom. The first-order valence-electron chi connectivity index (χ1n) is 9.83. The van der Waals surface area contributed by atoms with Gasteiger partial charge in [0.25, 0.3) is 0 Å². The van der Waals surface area contributed by atoms with E-state index >= 15 is 0 Å². The normalized spacial score (nSPS) is 18.5. The van der Waals surface area contributed by atoms with Gasteiger partial charge in [-0.3, -0.25) is 0 Å². The fourth-order valence-corrected chi connectivity index (χ4v) is 4.55. The van der Waals surface area contributed by atoms with Crippen LogP contribution < -0.4 is 5.32 Å². The fourth-order valence-electron chi connectivity index (χ4n) is 4.25. The van der Waals surface area contributed by atoms with E-state index < -0.39 is 58.3 Å². The first-order chi connectivity index (χ1) is 16.2. The number of nitrogens with zero attached hydrogens (tertiary/aromatic N) is 3. The molecule has 0 bridgehead atoms. The maximum atomic E-state index is 14.7. The number of aliphatic hydroxyl groups excluding tert-OH is 2. The molecule has 14 heteroatoms. The van der Waals surface area contributed by atoms with Crippen LogP contribution in [0.5, 0.6) is 0 Å². The Morgan fingerprint density at radius 3 is 2.37 bits per heavy atom. The molecule has 0 amide bonds. The zero-order valence-electron chi connectivity index (χ0n) is 17.8. The molecule has 2 atom stereocenters. The average molecular weight is 521 g/mol. The molecule has 4 rings (SSSR count). The molecule has 186 valence electrons. The third-order valence-electron chi connectivity index (χ3n) is 5.76. The number of alkyl halides is 6. The molecule has 2 unspecified atom stereocenters. The lowest BCUT2D eigenvalue weighted by molar-refractivity contribution is -0.214. The number of benzene rings is 1. The van der Waals surface area contributed by atoms with Crippen molar-refractivity contribution in [2.75, 3.05) is 11.9 Å². The predicted molar refractivity (Wildman–Crippen MR) is 110 cm³/mol. The van der Waals surface area contributed by atoms with Crippen molar-refractivity contribution in [2.45, 2.75) is 37.8 Å². The van der Waals surface area contributed by atoms with Crippen LogP contribution in [0.2, 0.25) is 5.02 Å². The maximum absolute atomic E-state index is 14.7. The van der Waals surface area contributed by atoms with Gasteiger partial charge in [0.15, 0.2) is 11.2 Å². The number of anilines is 1. The highest BCUT2D eigenvalue weighted by molar-refractivity contribution is 6.32. The van der Waals surface area contributed by atoms with Gasteiger partial charge < -0.3 is 19.9 Å². The lowest BCUT2D eigenvalue weighted by Crippen LogP contribution is -2.60. The molecule has 7 nitrogen and oxygen atoms in total. The van der Waals surface area contributed by atoms with Gasteiger partial charge in [0, 0.05) is 11.1 Å². The number of hydrogen-bond donors (Lipinski definition) is 3. The van der Waals surface area contributed by atoms with E-state index in [1.54, 1.807) is 13.0 Å². The summed E-state index contributed by atoms with van der Waals surface area (Å²) in [6.07, 6.45) is -13.2. The molecule has 0 fully saturated rings. The van der Waals surface area contributed by atoms with Crippen LogP contribution in [0.3, 0.4) is 0 Å². The van der Waals surface area contributed by atoms with Gasteiger partial charge in [-0.05, 0) is 32.0 Å². The molecule has 3 N–H and O–H groups in total. The second kappa shape index (κ2) is 7.91. The number of halogens is 7. The molecule has 3 aromatic rings. The Morgan fingerprint density at radius 1 is 1.23 bits per heavy atom. The summed E-state index contributed by atoms with van der Waals surface area (Å²) in [6.45, 7) is 1.58. The molecule has 1 aliphatic rings. The summed E-state index contributed by atoms with van der Waals surface area (Å²) in [5, 5.41) is 34.9. The van der Waals surface area contributed by atoms with Crippen molar-refractivity contribution in [3.8, 4) is 22.9 Å². The zero-order chi connectivity index (χ0) is 26.1. The Hall–Kier alpha value is -3.21. The minimum Gasteiger partial charge on any atom is -0.466 e. The van der Waals surface area contributed by atoms with Crippen LogP contribution in [0.15, 0.2) is 22.6 Å². The predicted octanol–water partition coefficient (Wildman–Crippen LogP) is 4.83. The van der Waals surface area contributed by atoms with Crippen molar-refractivity contribution in [1.82, 2.24) is 9.78 Å². The van der Waals surface area contributed by atoms with Gasteiger partial charge in [0.05, 0.1) is 28.4 Å². The summed E-state index contributed by atoms with van der Waals surface area (Å²) in [6, 6.07) is 3.80. The Kier molecular flexibility index (Phi) is 5.62. The van der Waals surface area contributed by atoms with Crippen molar-refractivity contribution in [3.63, 3.8) is 0 Å². The molecule has 0 radical (unpaired) electrons. The third-order valence-corrected chi connectivity index (χ3v) is 6.05. The van der Waals surface area contributed by atoms with E-state index in [1.165, 1.54) is 13.0 Å². The largest absolute Gasteiger partial charge is 0.466 e. The van der Waals surface area contributed by atoms with Gasteiger partial charge in [-0.15, -0.1) is 0 Å². The molecule has 0 aliphatic carbocycles. The van der Waals surface area contributed by atoms with Crippen LogP contribution in [0, 0.1) is 25.2 Å². The van der Waals surface area contributed by atoms with E-state index in [2.05, 4.69) is 10.4 Å². The van der Waals surface area contributed by atoms with Gasteiger partial charge >= 0.3 is 12.4 Å². The molecular formula is C21H15ClF6N4O3. The number of aromatic nitrogens is 2. The summed E-state index contributed by atoms with van der Waals surface area (Å²) in [5.74, 6) is 0.105. The topological polar surface area (TPSA) is 107 Å². The quantitative estimate of drug-likeness (QED) is 0.427. The number of hydrogen-bond acceptors (Lipinski definition) is 6. The molecule has 2 aromatic heterocycles. The first kappa shape index (κ1) is 24.9. The Bertz CT molecular complexity index is 1370. The number of rotatable bonds is 3. The van der Waals surface area contributed by atoms with Gasteiger partial charge in [-0.25, -0.2) is 4.68 Å². The van der Waals surface area contributed by atoms with Gasteiger partial charge in [-0.1, -0.05) is 11.6 Å². The summed E-state index contributed by atoms with van der Waals surface area (Å²) >= 11 is 6.09. The lowest BCUT2D eigenvalue weighted by Gasteiger charge is -2.44. The van der Waals surface area contributed by atoms with Crippen molar-refractivity contribution in [3.05, 3.63) is 51.6 Å². The summed E-state index contributed by atoms with van der Waals surface area (Å²) < 4.78 is 90.8. The van der Waals surface area contributed by atoms with E-state index in [9.17, 15) is 41.8 Å². The summed E-state index contributed by atoms with van der Waals surface area (Å²) in [7, 11) is 0. The van der Waals surface area contributed by atoms with E-state index in [-0.39, 0.29) is 28.6 Å². The minimum atomic E-state index is -5.46. The molecule has 1 aliphatic heterocycles. The molecule has 3 heterocycles. The van der Waals surface area contributed by atoms with E-state index in [1.807, 2.05) is 0 Å².